The number of nitrogen functional groups attached to an aromatic ring is 1. The monoisotopic (exact) mass is 314 g/mol. The van der Waals surface area contributed by atoms with Crippen LogP contribution in [-0.2, 0) is 10.0 Å². The number of anilines is 1. The van der Waals surface area contributed by atoms with E-state index in [2.05, 4.69) is 34.1 Å². The fourth-order valence-corrected chi connectivity index (χ4v) is 3.63. The molecule has 0 spiro atoms. The maximum atomic E-state index is 12.5. The average Bonchev–Trinajstić information content (AvgIpc) is 2.54. The Labute approximate surface area is 125 Å². The molecule has 1 saturated heterocycles. The number of hydrogen-bond donors (Lipinski definition) is 2. The van der Waals surface area contributed by atoms with Crippen molar-refractivity contribution in [3.8, 4) is 0 Å². The number of piperazine rings is 1. The number of hydrogen-bond acceptors (Lipinski definition) is 7. The van der Waals surface area contributed by atoms with E-state index in [1.165, 1.54) is 16.7 Å². The molecule has 1 aromatic rings. The van der Waals surface area contributed by atoms with Gasteiger partial charge in [0, 0.05) is 32.2 Å². The van der Waals surface area contributed by atoms with Crippen molar-refractivity contribution in [2.45, 2.75) is 31.2 Å². The van der Waals surface area contributed by atoms with Gasteiger partial charge >= 0.3 is 0 Å². The molecule has 0 saturated carbocycles. The van der Waals surface area contributed by atoms with Crippen molar-refractivity contribution >= 4 is 16.0 Å². The highest BCUT2D eigenvalue weighted by Gasteiger charge is 2.30. The van der Waals surface area contributed by atoms with E-state index in [-0.39, 0.29) is 10.8 Å². The van der Waals surface area contributed by atoms with Crippen molar-refractivity contribution in [3.05, 3.63) is 12.4 Å². The second-order valence-electron chi connectivity index (χ2n) is 5.08. The topological polar surface area (TPSA) is 104 Å². The van der Waals surface area contributed by atoms with Crippen molar-refractivity contribution in [1.82, 2.24) is 19.2 Å². The Morgan fingerprint density at radius 2 is 1.86 bits per heavy atom. The number of sulfonamides is 1. The van der Waals surface area contributed by atoms with Crippen molar-refractivity contribution in [3.63, 3.8) is 0 Å². The summed E-state index contributed by atoms with van der Waals surface area (Å²) >= 11 is 0. The Balaban J connectivity index is 2.07. The fourth-order valence-electron chi connectivity index (χ4n) is 2.32. The summed E-state index contributed by atoms with van der Waals surface area (Å²) in [4.78, 5) is 10.1. The van der Waals surface area contributed by atoms with E-state index in [0.29, 0.717) is 19.1 Å². The van der Waals surface area contributed by atoms with Gasteiger partial charge in [-0.3, -0.25) is 10.3 Å². The Morgan fingerprint density at radius 1 is 1.29 bits per heavy atom. The number of nitrogens with zero attached hydrogens (tertiary/aromatic N) is 4. The lowest BCUT2D eigenvalue weighted by Crippen LogP contribution is -2.51. The molecule has 1 fully saturated rings. The van der Waals surface area contributed by atoms with Gasteiger partial charge in [0.1, 0.15) is 4.90 Å². The van der Waals surface area contributed by atoms with Crippen LogP contribution in [0.2, 0.25) is 0 Å². The Hall–Kier alpha value is -1.29. The first-order valence-electron chi connectivity index (χ1n) is 7.02. The Kier molecular flexibility index (Phi) is 5.09. The first-order chi connectivity index (χ1) is 9.98. The molecule has 1 aromatic heterocycles. The predicted molar refractivity (Wildman–Crippen MR) is 79.9 cm³/mol. The summed E-state index contributed by atoms with van der Waals surface area (Å²) in [5, 5.41) is 0. The van der Waals surface area contributed by atoms with Gasteiger partial charge in [-0.25, -0.2) is 24.2 Å². The SMILES string of the molecule is CCC(C)N1CCN(S(=O)(=O)c2cnc(NN)nc2)CC1. The summed E-state index contributed by atoms with van der Waals surface area (Å²) in [6.07, 6.45) is 3.62. The lowest BCUT2D eigenvalue weighted by Gasteiger charge is -2.37. The number of nitrogens with two attached hydrogens (primary N) is 1. The van der Waals surface area contributed by atoms with Crippen molar-refractivity contribution in [1.29, 1.82) is 0 Å². The minimum absolute atomic E-state index is 0.0958. The van der Waals surface area contributed by atoms with Crippen molar-refractivity contribution in [2.24, 2.45) is 5.84 Å². The van der Waals surface area contributed by atoms with Crippen LogP contribution < -0.4 is 11.3 Å². The highest BCUT2D eigenvalue weighted by Crippen LogP contribution is 2.18. The molecule has 2 heterocycles. The van der Waals surface area contributed by atoms with Crippen LogP contribution in [0.5, 0.6) is 0 Å². The molecule has 8 nitrogen and oxygen atoms in total. The molecule has 9 heteroatoms. The van der Waals surface area contributed by atoms with E-state index in [1.54, 1.807) is 0 Å². The first kappa shape index (κ1) is 16.1. The van der Waals surface area contributed by atoms with Gasteiger partial charge < -0.3 is 0 Å². The summed E-state index contributed by atoms with van der Waals surface area (Å²) in [6.45, 7) is 6.77. The Morgan fingerprint density at radius 3 is 2.33 bits per heavy atom. The molecular weight excluding hydrogens is 292 g/mol. The average molecular weight is 314 g/mol. The Bertz CT molecular complexity index is 554. The molecule has 118 valence electrons. The van der Waals surface area contributed by atoms with Gasteiger partial charge in [-0.2, -0.15) is 4.31 Å². The summed E-state index contributed by atoms with van der Waals surface area (Å²) in [6, 6.07) is 0.480. The molecule has 21 heavy (non-hydrogen) atoms. The third-order valence-corrected chi connectivity index (χ3v) is 5.73. The summed E-state index contributed by atoms with van der Waals surface area (Å²) < 4.78 is 26.5. The zero-order chi connectivity index (χ0) is 15.5. The minimum atomic E-state index is -3.53. The van der Waals surface area contributed by atoms with E-state index in [4.69, 9.17) is 5.84 Å². The van der Waals surface area contributed by atoms with Crippen LogP contribution >= 0.6 is 0 Å². The number of nitrogens with one attached hydrogen (secondary N) is 1. The zero-order valence-corrected chi connectivity index (χ0v) is 13.2. The van der Waals surface area contributed by atoms with Crippen LogP contribution in [0.25, 0.3) is 0 Å². The van der Waals surface area contributed by atoms with Crippen LogP contribution in [0, 0.1) is 0 Å². The minimum Gasteiger partial charge on any atom is -0.298 e. The number of hydrazine groups is 1. The van der Waals surface area contributed by atoms with Crippen LogP contribution in [0.4, 0.5) is 5.95 Å². The van der Waals surface area contributed by atoms with Crippen LogP contribution in [0.1, 0.15) is 20.3 Å². The van der Waals surface area contributed by atoms with Crippen molar-refractivity contribution in [2.75, 3.05) is 31.6 Å². The van der Waals surface area contributed by atoms with Gasteiger partial charge in [-0.1, -0.05) is 6.92 Å². The third kappa shape index (κ3) is 3.49. The molecule has 0 bridgehead atoms. The van der Waals surface area contributed by atoms with Crippen LogP contribution in [0.3, 0.4) is 0 Å². The second-order valence-corrected chi connectivity index (χ2v) is 7.02. The lowest BCUT2D eigenvalue weighted by molar-refractivity contribution is 0.142. The predicted octanol–water partition coefficient (Wildman–Crippen LogP) is -0.133. The fraction of sp³-hybridized carbons (Fsp3) is 0.667. The van der Waals surface area contributed by atoms with E-state index in [9.17, 15) is 8.42 Å². The molecule has 0 aliphatic carbocycles. The van der Waals surface area contributed by atoms with Gasteiger partial charge in [0.15, 0.2) is 0 Å². The molecule has 2 rings (SSSR count). The third-order valence-electron chi connectivity index (χ3n) is 3.88. The molecule has 1 aliphatic rings. The summed E-state index contributed by atoms with van der Waals surface area (Å²) in [7, 11) is -3.53. The maximum Gasteiger partial charge on any atom is 0.246 e. The zero-order valence-electron chi connectivity index (χ0n) is 12.4. The van der Waals surface area contributed by atoms with Gasteiger partial charge in [-0.15, -0.1) is 0 Å². The molecule has 0 radical (unpaired) electrons. The molecule has 1 unspecified atom stereocenters. The number of rotatable bonds is 5. The molecule has 1 aliphatic heterocycles. The van der Waals surface area contributed by atoms with Crippen LogP contribution in [0.15, 0.2) is 17.3 Å². The van der Waals surface area contributed by atoms with Gasteiger partial charge in [0.05, 0.1) is 12.4 Å². The van der Waals surface area contributed by atoms with Crippen LogP contribution in [-0.4, -0.2) is 59.8 Å². The molecule has 1 atom stereocenters. The van der Waals surface area contributed by atoms with E-state index in [0.717, 1.165) is 19.5 Å². The summed E-state index contributed by atoms with van der Waals surface area (Å²) in [5.74, 6) is 5.36. The molecule has 0 amide bonds. The summed E-state index contributed by atoms with van der Waals surface area (Å²) in [5.41, 5.74) is 2.27. The molecular formula is C12H22N6O2S. The molecule has 3 N–H and O–H groups in total. The van der Waals surface area contributed by atoms with E-state index < -0.39 is 10.0 Å². The van der Waals surface area contributed by atoms with Gasteiger partial charge in [0.25, 0.3) is 0 Å². The lowest BCUT2D eigenvalue weighted by atomic mass is 10.2. The standard InChI is InChI=1S/C12H22N6O2S/c1-3-10(2)17-4-6-18(7-5-17)21(19,20)11-8-14-12(16-13)15-9-11/h8-10H,3-7,13H2,1-2H3,(H,14,15,16). The normalized spacial score (nSPS) is 19.4. The van der Waals surface area contributed by atoms with Gasteiger partial charge in [-0.05, 0) is 13.3 Å². The largest absolute Gasteiger partial charge is 0.298 e. The number of aromatic nitrogens is 2. The van der Waals surface area contributed by atoms with E-state index in [1.807, 2.05) is 0 Å². The van der Waals surface area contributed by atoms with E-state index >= 15 is 0 Å². The first-order valence-corrected chi connectivity index (χ1v) is 8.46. The maximum absolute atomic E-state index is 12.5. The highest BCUT2D eigenvalue weighted by atomic mass is 32.2. The molecule has 0 aromatic carbocycles. The quantitative estimate of drug-likeness (QED) is 0.576. The smallest absolute Gasteiger partial charge is 0.246 e. The van der Waals surface area contributed by atoms with Crippen molar-refractivity contribution < 1.29 is 8.42 Å². The second kappa shape index (κ2) is 6.65. The highest BCUT2D eigenvalue weighted by molar-refractivity contribution is 7.89. The van der Waals surface area contributed by atoms with Gasteiger partial charge in [0.2, 0.25) is 16.0 Å².